The monoisotopic (exact) mass is 302 g/mol. The summed E-state index contributed by atoms with van der Waals surface area (Å²) in [5.74, 6) is 0.571. The molecular weight excluding hydrogens is 276 g/mol. The van der Waals surface area contributed by atoms with Crippen LogP contribution in [0.1, 0.15) is 55.7 Å². The van der Waals surface area contributed by atoms with E-state index in [0.717, 1.165) is 25.7 Å². The van der Waals surface area contributed by atoms with E-state index in [1.54, 1.807) is 0 Å². The van der Waals surface area contributed by atoms with Crippen LogP contribution in [0.2, 0.25) is 0 Å². The van der Waals surface area contributed by atoms with E-state index in [1.165, 1.54) is 24.0 Å². The summed E-state index contributed by atoms with van der Waals surface area (Å²) in [6.07, 6.45) is 5.50. The number of rotatable bonds is 4. The quantitative estimate of drug-likeness (QED) is 0.800. The van der Waals surface area contributed by atoms with Crippen LogP contribution in [-0.2, 0) is 0 Å². The fourth-order valence-electron chi connectivity index (χ4n) is 3.27. The number of aliphatic hydroxyl groups excluding tert-OH is 1. The number of hydrogen-bond donors (Lipinski definition) is 3. The number of benzene rings is 1. The van der Waals surface area contributed by atoms with Gasteiger partial charge in [0.1, 0.15) is 0 Å². The summed E-state index contributed by atoms with van der Waals surface area (Å²) >= 11 is 0. The summed E-state index contributed by atoms with van der Waals surface area (Å²) in [5, 5.41) is 15.8. The lowest BCUT2D eigenvalue weighted by Gasteiger charge is -2.27. The maximum Gasteiger partial charge on any atom is 0.315 e. The molecule has 0 aliphatic heterocycles. The van der Waals surface area contributed by atoms with E-state index >= 15 is 0 Å². The topological polar surface area (TPSA) is 61.4 Å². The van der Waals surface area contributed by atoms with E-state index in [2.05, 4.69) is 41.8 Å². The van der Waals surface area contributed by atoms with Gasteiger partial charge in [0, 0.05) is 6.04 Å². The molecule has 1 atom stereocenters. The molecule has 22 heavy (non-hydrogen) atoms. The van der Waals surface area contributed by atoms with E-state index in [0.29, 0.717) is 5.92 Å². The number of hydrogen-bond acceptors (Lipinski definition) is 2. The van der Waals surface area contributed by atoms with E-state index in [1.807, 2.05) is 0 Å². The zero-order valence-electron chi connectivity index (χ0n) is 13.2. The molecule has 2 amide bonds. The van der Waals surface area contributed by atoms with Gasteiger partial charge in [0.25, 0.3) is 0 Å². The van der Waals surface area contributed by atoms with Gasteiger partial charge in [-0.15, -0.1) is 0 Å². The molecule has 0 saturated heterocycles. The summed E-state index contributed by atoms with van der Waals surface area (Å²) in [5.41, 5.74) is 2.44. The SMILES string of the molecule is Cc1ccc(C(NC(=O)NC2CCC(O)CC2)C2CC2)cc1. The van der Waals surface area contributed by atoms with Crippen LogP contribution in [0.4, 0.5) is 4.79 Å². The van der Waals surface area contributed by atoms with E-state index in [-0.39, 0.29) is 24.2 Å². The molecule has 0 bridgehead atoms. The Morgan fingerprint density at radius 2 is 1.73 bits per heavy atom. The second kappa shape index (κ2) is 6.69. The Balaban J connectivity index is 1.57. The largest absolute Gasteiger partial charge is 0.393 e. The second-order valence-electron chi connectivity index (χ2n) is 6.85. The van der Waals surface area contributed by atoms with E-state index in [9.17, 15) is 9.90 Å². The third-order valence-corrected chi connectivity index (χ3v) is 4.85. The van der Waals surface area contributed by atoms with Gasteiger partial charge in [0.15, 0.2) is 0 Å². The molecule has 1 aromatic rings. The molecule has 2 fully saturated rings. The molecule has 1 unspecified atom stereocenters. The molecule has 2 saturated carbocycles. The van der Waals surface area contributed by atoms with Crippen molar-refractivity contribution < 1.29 is 9.90 Å². The van der Waals surface area contributed by atoms with Gasteiger partial charge in [0.2, 0.25) is 0 Å². The fourth-order valence-corrected chi connectivity index (χ4v) is 3.27. The van der Waals surface area contributed by atoms with Crippen LogP contribution in [0.25, 0.3) is 0 Å². The highest BCUT2D eigenvalue weighted by Crippen LogP contribution is 2.41. The van der Waals surface area contributed by atoms with Gasteiger partial charge in [-0.25, -0.2) is 4.79 Å². The normalized spacial score (nSPS) is 26.3. The summed E-state index contributed by atoms with van der Waals surface area (Å²) in [7, 11) is 0. The first-order chi connectivity index (χ1) is 10.6. The number of carbonyl (C=O) groups is 1. The third kappa shape index (κ3) is 4.01. The Labute approximate surface area is 132 Å². The second-order valence-corrected chi connectivity index (χ2v) is 6.85. The minimum absolute atomic E-state index is 0.0705. The van der Waals surface area contributed by atoms with Crippen molar-refractivity contribution in [2.75, 3.05) is 0 Å². The van der Waals surface area contributed by atoms with Crippen molar-refractivity contribution in [3.63, 3.8) is 0 Å². The first kappa shape index (κ1) is 15.3. The maximum atomic E-state index is 12.3. The minimum Gasteiger partial charge on any atom is -0.393 e. The van der Waals surface area contributed by atoms with Gasteiger partial charge >= 0.3 is 6.03 Å². The average Bonchev–Trinajstić information content (AvgIpc) is 3.33. The van der Waals surface area contributed by atoms with Gasteiger partial charge in [0.05, 0.1) is 12.1 Å². The molecule has 0 aromatic heterocycles. The summed E-state index contributed by atoms with van der Waals surface area (Å²) in [4.78, 5) is 12.3. The third-order valence-electron chi connectivity index (χ3n) is 4.85. The van der Waals surface area contributed by atoms with Crippen LogP contribution < -0.4 is 10.6 Å². The minimum atomic E-state index is -0.187. The highest BCUT2D eigenvalue weighted by atomic mass is 16.3. The highest BCUT2D eigenvalue weighted by molar-refractivity contribution is 5.75. The number of urea groups is 1. The molecule has 120 valence electrons. The van der Waals surface area contributed by atoms with Crippen LogP contribution in [0.3, 0.4) is 0 Å². The van der Waals surface area contributed by atoms with Crippen molar-refractivity contribution in [1.29, 1.82) is 0 Å². The Bertz CT molecular complexity index is 502. The molecule has 4 nitrogen and oxygen atoms in total. The summed E-state index contributed by atoms with van der Waals surface area (Å²) in [6.45, 7) is 2.08. The fraction of sp³-hybridized carbons (Fsp3) is 0.611. The van der Waals surface area contributed by atoms with E-state index < -0.39 is 0 Å². The smallest absolute Gasteiger partial charge is 0.315 e. The van der Waals surface area contributed by atoms with E-state index in [4.69, 9.17) is 0 Å². The zero-order chi connectivity index (χ0) is 15.5. The van der Waals surface area contributed by atoms with Crippen LogP contribution in [-0.4, -0.2) is 23.3 Å². The van der Waals surface area contributed by atoms with Gasteiger partial charge in [-0.1, -0.05) is 29.8 Å². The van der Waals surface area contributed by atoms with Crippen molar-refractivity contribution in [3.05, 3.63) is 35.4 Å². The Hall–Kier alpha value is -1.55. The van der Waals surface area contributed by atoms with Crippen molar-refractivity contribution >= 4 is 6.03 Å². The van der Waals surface area contributed by atoms with Gasteiger partial charge in [-0.05, 0) is 56.9 Å². The zero-order valence-corrected chi connectivity index (χ0v) is 13.2. The highest BCUT2D eigenvalue weighted by Gasteiger charge is 2.33. The predicted molar refractivity (Wildman–Crippen MR) is 86.6 cm³/mol. The molecule has 3 N–H and O–H groups in total. The Morgan fingerprint density at radius 1 is 1.09 bits per heavy atom. The average molecular weight is 302 g/mol. The van der Waals surface area contributed by atoms with Crippen LogP contribution in [0.15, 0.2) is 24.3 Å². The molecule has 0 heterocycles. The van der Waals surface area contributed by atoms with Gasteiger partial charge < -0.3 is 15.7 Å². The van der Waals surface area contributed by atoms with Crippen LogP contribution in [0.5, 0.6) is 0 Å². The summed E-state index contributed by atoms with van der Waals surface area (Å²) < 4.78 is 0. The van der Waals surface area contributed by atoms with Gasteiger partial charge in [-0.3, -0.25) is 0 Å². The molecule has 2 aliphatic carbocycles. The number of aliphatic hydroxyl groups is 1. The molecule has 0 radical (unpaired) electrons. The lowest BCUT2D eigenvalue weighted by atomic mass is 9.93. The number of carbonyl (C=O) groups excluding carboxylic acids is 1. The lowest BCUT2D eigenvalue weighted by molar-refractivity contribution is 0.117. The molecule has 0 spiro atoms. The summed E-state index contributed by atoms with van der Waals surface area (Å²) in [6, 6.07) is 8.69. The maximum absolute atomic E-state index is 12.3. The molecule has 3 rings (SSSR count). The van der Waals surface area contributed by atoms with Crippen molar-refractivity contribution in [3.8, 4) is 0 Å². The molecule has 1 aromatic carbocycles. The predicted octanol–water partition coefficient (Wildman–Crippen LogP) is 3.05. The van der Waals surface area contributed by atoms with Crippen molar-refractivity contribution in [2.45, 2.75) is 63.6 Å². The Morgan fingerprint density at radius 3 is 2.32 bits per heavy atom. The number of amides is 2. The van der Waals surface area contributed by atoms with Crippen molar-refractivity contribution in [1.82, 2.24) is 10.6 Å². The Kier molecular flexibility index (Phi) is 4.67. The van der Waals surface area contributed by atoms with Crippen LogP contribution >= 0.6 is 0 Å². The molecule has 4 heteroatoms. The van der Waals surface area contributed by atoms with Gasteiger partial charge in [-0.2, -0.15) is 0 Å². The number of nitrogens with one attached hydrogen (secondary N) is 2. The number of aryl methyl sites for hydroxylation is 1. The molecular formula is C18H26N2O2. The first-order valence-corrected chi connectivity index (χ1v) is 8.43. The standard InChI is InChI=1S/C18H26N2O2/c1-12-2-4-13(5-3-12)17(14-6-7-14)20-18(22)19-15-8-10-16(21)11-9-15/h2-5,14-17,21H,6-11H2,1H3,(H2,19,20,22). The first-order valence-electron chi connectivity index (χ1n) is 8.43. The van der Waals surface area contributed by atoms with Crippen molar-refractivity contribution in [2.24, 2.45) is 5.92 Å². The lowest BCUT2D eigenvalue weighted by Crippen LogP contribution is -2.45. The molecule has 2 aliphatic rings. The van der Waals surface area contributed by atoms with Crippen LogP contribution in [0, 0.1) is 12.8 Å².